The maximum Gasteiger partial charge on any atom is 0.0823 e. The number of hydrogen-bond acceptors (Lipinski definition) is 1. The predicted molar refractivity (Wildman–Crippen MR) is 156 cm³/mol. The van der Waals surface area contributed by atoms with Gasteiger partial charge >= 0.3 is 0 Å². The number of aryl methyl sites for hydroxylation is 1. The number of rotatable bonds is 2. The average Bonchev–Trinajstić information content (AvgIpc) is 3.17. The van der Waals surface area contributed by atoms with Crippen molar-refractivity contribution in [2.75, 3.05) is 0 Å². The molecule has 0 aliphatic heterocycles. The first-order valence-corrected chi connectivity index (χ1v) is 13.1. The fourth-order valence-corrected chi connectivity index (χ4v) is 6.56. The zero-order valence-corrected chi connectivity index (χ0v) is 22.0. The van der Waals surface area contributed by atoms with Crippen molar-refractivity contribution >= 4 is 59.8 Å². The van der Waals surface area contributed by atoms with Crippen molar-refractivity contribution in [2.45, 2.75) is 53.9 Å². The van der Waals surface area contributed by atoms with Gasteiger partial charge in [-0.25, -0.2) is 0 Å². The van der Waals surface area contributed by atoms with E-state index in [0.29, 0.717) is 5.92 Å². The van der Waals surface area contributed by atoms with Crippen molar-refractivity contribution in [3.8, 4) is 0 Å². The van der Waals surface area contributed by atoms with Gasteiger partial charge in [-0.15, -0.1) is 0 Å². The molecule has 7 aromatic rings. The fraction of sp³-hybridized carbons (Fsp3) is 0.265. The predicted octanol–water partition coefficient (Wildman–Crippen LogP) is 9.56. The summed E-state index contributed by atoms with van der Waals surface area (Å²) in [6.45, 7) is 13.8. The third kappa shape index (κ3) is 2.88. The van der Waals surface area contributed by atoms with Gasteiger partial charge in [0.15, 0.2) is 0 Å². The molecule has 0 amide bonds. The van der Waals surface area contributed by atoms with Crippen LogP contribution in [0.4, 0.5) is 0 Å². The van der Waals surface area contributed by atoms with E-state index in [1.165, 1.54) is 70.9 Å². The minimum absolute atomic E-state index is 0.257. The number of aromatic nitrogens is 2. The van der Waals surface area contributed by atoms with E-state index in [1.807, 2.05) is 6.20 Å². The molecular formula is C34H32N2. The van der Waals surface area contributed by atoms with Crippen LogP contribution in [0.5, 0.6) is 0 Å². The second-order valence-electron chi connectivity index (χ2n) is 12.1. The molecule has 0 saturated carbocycles. The second kappa shape index (κ2) is 7.20. The van der Waals surface area contributed by atoms with Crippen LogP contribution in [0.1, 0.15) is 57.2 Å². The van der Waals surface area contributed by atoms with Crippen LogP contribution in [0.15, 0.2) is 66.9 Å². The summed E-state index contributed by atoms with van der Waals surface area (Å²) in [5.41, 5.74) is 9.39. The Hall–Kier alpha value is -3.65. The van der Waals surface area contributed by atoms with Crippen LogP contribution in [-0.2, 0) is 6.42 Å². The van der Waals surface area contributed by atoms with Crippen molar-refractivity contribution in [3.05, 3.63) is 83.6 Å². The highest BCUT2D eigenvalue weighted by atomic mass is 14.9. The summed E-state index contributed by atoms with van der Waals surface area (Å²) in [4.78, 5) is 5.02. The van der Waals surface area contributed by atoms with Gasteiger partial charge in [-0.05, 0) is 81.8 Å². The Morgan fingerprint density at radius 2 is 1.61 bits per heavy atom. The van der Waals surface area contributed by atoms with Gasteiger partial charge in [-0.3, -0.25) is 4.98 Å². The quantitative estimate of drug-likeness (QED) is 0.182. The molecule has 0 radical (unpaired) electrons. The number of hydrogen-bond donors (Lipinski definition) is 0. The lowest BCUT2D eigenvalue weighted by Gasteiger charge is -2.20. The summed E-state index contributed by atoms with van der Waals surface area (Å²) < 4.78 is 2.54. The zero-order chi connectivity index (χ0) is 24.9. The summed E-state index contributed by atoms with van der Waals surface area (Å²) in [6, 6.07) is 23.0. The Morgan fingerprint density at radius 3 is 2.39 bits per heavy atom. The molecule has 0 aliphatic carbocycles. The van der Waals surface area contributed by atoms with Crippen LogP contribution in [0.2, 0.25) is 0 Å². The summed E-state index contributed by atoms with van der Waals surface area (Å²) in [5.74, 6) is 0.436. The topological polar surface area (TPSA) is 17.3 Å². The van der Waals surface area contributed by atoms with E-state index >= 15 is 0 Å². The first-order valence-electron chi connectivity index (χ1n) is 13.1. The molecule has 0 spiro atoms. The van der Waals surface area contributed by atoms with Crippen molar-refractivity contribution in [1.82, 2.24) is 9.38 Å². The number of para-hydroxylation sites is 1. The average molecular weight is 469 g/mol. The van der Waals surface area contributed by atoms with E-state index in [9.17, 15) is 0 Å². The van der Waals surface area contributed by atoms with E-state index in [0.717, 1.165) is 11.9 Å². The molecule has 0 saturated heterocycles. The summed E-state index contributed by atoms with van der Waals surface area (Å²) in [5, 5.41) is 9.16. The number of nitrogens with zero attached hydrogens (tertiary/aromatic N) is 2. The van der Waals surface area contributed by atoms with Crippen molar-refractivity contribution in [3.63, 3.8) is 0 Å². The van der Waals surface area contributed by atoms with Gasteiger partial charge in [0.2, 0.25) is 0 Å². The molecule has 3 heterocycles. The van der Waals surface area contributed by atoms with Crippen molar-refractivity contribution in [2.24, 2.45) is 5.41 Å². The van der Waals surface area contributed by atoms with E-state index in [1.54, 1.807) is 0 Å². The summed E-state index contributed by atoms with van der Waals surface area (Å²) in [7, 11) is 0. The molecule has 0 atom stereocenters. The van der Waals surface area contributed by atoms with Crippen LogP contribution < -0.4 is 0 Å². The van der Waals surface area contributed by atoms with Crippen molar-refractivity contribution < 1.29 is 0 Å². The zero-order valence-electron chi connectivity index (χ0n) is 22.0. The Bertz CT molecular complexity index is 1980. The lowest BCUT2D eigenvalue weighted by molar-refractivity contribution is 0.411. The first kappa shape index (κ1) is 21.6. The summed E-state index contributed by atoms with van der Waals surface area (Å²) >= 11 is 0. The SMILES string of the molecule is Cc1c2ccc(CC(C)(C)C)cc2cc2c3nccc4cc(C(C)C)c5c6ccccc6n(c12)c5c43. The largest absolute Gasteiger partial charge is 0.308 e. The highest BCUT2D eigenvalue weighted by Crippen LogP contribution is 2.45. The molecule has 2 heteroatoms. The van der Waals surface area contributed by atoms with E-state index in [2.05, 4.69) is 107 Å². The molecule has 2 nitrogen and oxygen atoms in total. The maximum atomic E-state index is 5.02. The van der Waals surface area contributed by atoms with Gasteiger partial charge < -0.3 is 4.40 Å². The van der Waals surface area contributed by atoms with Crippen LogP contribution >= 0.6 is 0 Å². The third-order valence-electron chi connectivity index (χ3n) is 7.96. The van der Waals surface area contributed by atoms with Gasteiger partial charge in [0, 0.05) is 27.7 Å². The van der Waals surface area contributed by atoms with Gasteiger partial charge in [-0.2, -0.15) is 0 Å². The Kier molecular flexibility index (Phi) is 4.32. The van der Waals surface area contributed by atoms with Crippen LogP contribution in [-0.4, -0.2) is 9.38 Å². The summed E-state index contributed by atoms with van der Waals surface area (Å²) in [6.07, 6.45) is 3.06. The molecule has 4 aromatic carbocycles. The number of pyridine rings is 2. The lowest BCUT2D eigenvalue weighted by Crippen LogP contribution is -2.09. The van der Waals surface area contributed by atoms with E-state index in [4.69, 9.17) is 4.98 Å². The fourth-order valence-electron chi connectivity index (χ4n) is 6.56. The smallest absolute Gasteiger partial charge is 0.0823 e. The maximum absolute atomic E-state index is 5.02. The normalized spacial score (nSPS) is 13.1. The molecule has 178 valence electrons. The minimum Gasteiger partial charge on any atom is -0.308 e. The molecule has 3 aromatic heterocycles. The minimum atomic E-state index is 0.257. The Labute approximate surface area is 211 Å². The lowest BCUT2D eigenvalue weighted by atomic mass is 9.87. The van der Waals surface area contributed by atoms with Crippen LogP contribution in [0, 0.1) is 12.3 Å². The Morgan fingerprint density at radius 1 is 0.806 bits per heavy atom. The highest BCUT2D eigenvalue weighted by Gasteiger charge is 2.23. The van der Waals surface area contributed by atoms with Gasteiger partial charge in [0.25, 0.3) is 0 Å². The molecule has 0 unspecified atom stereocenters. The number of benzene rings is 4. The van der Waals surface area contributed by atoms with Gasteiger partial charge in [-0.1, -0.05) is 71.0 Å². The Balaban J connectivity index is 1.76. The molecule has 36 heavy (non-hydrogen) atoms. The molecule has 0 aliphatic rings. The second-order valence-corrected chi connectivity index (χ2v) is 12.1. The van der Waals surface area contributed by atoms with Crippen LogP contribution in [0.25, 0.3) is 59.8 Å². The highest BCUT2D eigenvalue weighted by molar-refractivity contribution is 6.29. The number of fused-ring (bicyclic) bond motifs is 7. The van der Waals surface area contributed by atoms with E-state index in [-0.39, 0.29) is 5.41 Å². The molecule has 0 N–H and O–H groups in total. The van der Waals surface area contributed by atoms with Crippen molar-refractivity contribution in [1.29, 1.82) is 0 Å². The van der Waals surface area contributed by atoms with Gasteiger partial charge in [0.1, 0.15) is 0 Å². The first-order chi connectivity index (χ1) is 17.2. The molecule has 0 bridgehead atoms. The van der Waals surface area contributed by atoms with Crippen LogP contribution in [0.3, 0.4) is 0 Å². The molecule has 0 fully saturated rings. The standard InChI is InChI=1S/C34H32N2/c1-19(2)26-16-22-13-14-35-31-27-17-23-15-21(18-34(4,5)6)11-12-24(23)20(3)32(27)36-28-10-8-7-9-25(28)30(26)33(36)29(22)31/h7-17,19H,18H2,1-6H3. The molecular weight excluding hydrogens is 436 g/mol. The molecule has 7 rings (SSSR count). The monoisotopic (exact) mass is 468 g/mol. The van der Waals surface area contributed by atoms with Gasteiger partial charge in [0.05, 0.1) is 22.1 Å². The third-order valence-corrected chi connectivity index (χ3v) is 7.96. The van der Waals surface area contributed by atoms with E-state index < -0.39 is 0 Å².